The first-order valence-electron chi connectivity index (χ1n) is 7.09. The lowest BCUT2D eigenvalue weighted by Crippen LogP contribution is -2.28. The number of hydrogen-bond acceptors (Lipinski definition) is 3. The molecule has 0 fully saturated rings. The van der Waals surface area contributed by atoms with Crippen molar-refractivity contribution < 1.29 is 8.42 Å². The fourth-order valence-corrected chi connectivity index (χ4v) is 2.74. The van der Waals surface area contributed by atoms with Gasteiger partial charge in [0.05, 0.1) is 11.9 Å². The molecule has 0 aliphatic heterocycles. The van der Waals surface area contributed by atoms with E-state index in [2.05, 4.69) is 10.6 Å². The summed E-state index contributed by atoms with van der Waals surface area (Å²) in [7, 11) is -1.80. The Morgan fingerprint density at radius 3 is 2.50 bits per heavy atom. The van der Waals surface area contributed by atoms with Crippen LogP contribution in [-0.2, 0) is 16.6 Å². The van der Waals surface area contributed by atoms with Gasteiger partial charge in [-0.2, -0.15) is 0 Å². The minimum absolute atomic E-state index is 0.448. The second kappa shape index (κ2) is 7.83. The summed E-state index contributed by atoms with van der Waals surface area (Å²) >= 11 is 11.1. The Morgan fingerprint density at radius 1 is 1.21 bits per heavy atom. The Bertz CT molecular complexity index is 823. The summed E-state index contributed by atoms with van der Waals surface area (Å²) in [6, 6.07) is 14.5. The van der Waals surface area contributed by atoms with E-state index in [0.29, 0.717) is 28.1 Å². The highest BCUT2D eigenvalue weighted by Gasteiger charge is 2.12. The Balaban J connectivity index is 1.98. The molecule has 128 valence electrons. The highest BCUT2D eigenvalue weighted by molar-refractivity contribution is 7.92. The first-order chi connectivity index (χ1) is 11.3. The summed E-state index contributed by atoms with van der Waals surface area (Å²) in [6.45, 7) is 0.561. The molecule has 2 aromatic carbocycles. The highest BCUT2D eigenvalue weighted by atomic mass is 35.5. The quantitative estimate of drug-likeness (QED) is 0.776. The summed E-state index contributed by atoms with van der Waals surface area (Å²) < 4.78 is 24.4. The number of sulfonamides is 1. The van der Waals surface area contributed by atoms with Crippen LogP contribution < -0.4 is 14.9 Å². The van der Waals surface area contributed by atoms with Gasteiger partial charge in [0.1, 0.15) is 0 Å². The van der Waals surface area contributed by atoms with Crippen LogP contribution in [0.15, 0.2) is 48.5 Å². The van der Waals surface area contributed by atoms with Crippen LogP contribution in [0.1, 0.15) is 5.56 Å². The topological polar surface area (TPSA) is 61.4 Å². The van der Waals surface area contributed by atoms with Crippen molar-refractivity contribution in [2.75, 3.05) is 22.9 Å². The molecule has 0 atom stereocenters. The minimum atomic E-state index is -3.30. The van der Waals surface area contributed by atoms with Gasteiger partial charge in [0.2, 0.25) is 10.0 Å². The summed E-state index contributed by atoms with van der Waals surface area (Å²) in [5.74, 6) is 0. The number of benzene rings is 2. The maximum atomic E-state index is 11.6. The van der Waals surface area contributed by atoms with Gasteiger partial charge in [-0.3, -0.25) is 4.31 Å². The lowest BCUT2D eigenvalue weighted by Gasteiger charge is -2.18. The van der Waals surface area contributed by atoms with Crippen molar-refractivity contribution in [3.63, 3.8) is 0 Å². The van der Waals surface area contributed by atoms with E-state index in [1.54, 1.807) is 18.2 Å². The van der Waals surface area contributed by atoms with Gasteiger partial charge in [-0.1, -0.05) is 29.8 Å². The van der Waals surface area contributed by atoms with E-state index in [9.17, 15) is 8.42 Å². The van der Waals surface area contributed by atoms with E-state index in [1.165, 1.54) is 11.4 Å². The van der Waals surface area contributed by atoms with Gasteiger partial charge in [-0.25, -0.2) is 8.42 Å². The van der Waals surface area contributed by atoms with E-state index < -0.39 is 10.0 Å². The van der Waals surface area contributed by atoms with Gasteiger partial charge in [-0.15, -0.1) is 0 Å². The third kappa shape index (κ3) is 5.36. The van der Waals surface area contributed by atoms with Gasteiger partial charge >= 0.3 is 0 Å². The molecular weight excluding hydrogens is 366 g/mol. The predicted octanol–water partition coefficient (Wildman–Crippen LogP) is 3.22. The summed E-state index contributed by atoms with van der Waals surface area (Å²) in [4.78, 5) is 0. The number of rotatable bonds is 5. The van der Waals surface area contributed by atoms with Crippen LogP contribution in [0.4, 0.5) is 11.4 Å². The molecule has 0 aliphatic carbocycles. The van der Waals surface area contributed by atoms with Crippen molar-refractivity contribution in [3.8, 4) is 0 Å². The molecule has 2 aromatic rings. The van der Waals surface area contributed by atoms with Crippen LogP contribution in [0.2, 0.25) is 5.02 Å². The molecule has 0 unspecified atom stereocenters. The molecule has 8 heteroatoms. The third-order valence-electron chi connectivity index (χ3n) is 3.33. The maximum Gasteiger partial charge on any atom is 0.231 e. The average Bonchev–Trinajstić information content (AvgIpc) is 2.53. The fourth-order valence-electron chi connectivity index (χ4n) is 1.93. The maximum absolute atomic E-state index is 11.6. The Morgan fingerprint density at radius 2 is 1.88 bits per heavy atom. The number of thiocarbonyl (C=S) groups is 1. The van der Waals surface area contributed by atoms with Crippen LogP contribution in [0.5, 0.6) is 0 Å². The lowest BCUT2D eigenvalue weighted by atomic mass is 10.2. The summed E-state index contributed by atoms with van der Waals surface area (Å²) in [5, 5.41) is 7.27. The van der Waals surface area contributed by atoms with E-state index in [1.807, 2.05) is 30.3 Å². The first-order valence-corrected chi connectivity index (χ1v) is 9.72. The number of nitrogens with one attached hydrogen (secondary N) is 2. The van der Waals surface area contributed by atoms with Crippen molar-refractivity contribution in [1.29, 1.82) is 0 Å². The van der Waals surface area contributed by atoms with Crippen LogP contribution in [0.25, 0.3) is 0 Å². The molecule has 0 bridgehead atoms. The van der Waals surface area contributed by atoms with Gasteiger partial charge < -0.3 is 10.6 Å². The first kappa shape index (κ1) is 18.5. The Kier molecular flexibility index (Phi) is 6.04. The monoisotopic (exact) mass is 383 g/mol. The van der Waals surface area contributed by atoms with E-state index >= 15 is 0 Å². The van der Waals surface area contributed by atoms with Crippen molar-refractivity contribution >= 4 is 50.3 Å². The molecule has 0 heterocycles. The van der Waals surface area contributed by atoms with E-state index in [-0.39, 0.29) is 0 Å². The van der Waals surface area contributed by atoms with Crippen molar-refractivity contribution in [2.24, 2.45) is 0 Å². The van der Waals surface area contributed by atoms with Crippen molar-refractivity contribution in [1.82, 2.24) is 5.32 Å². The number of halogens is 1. The molecule has 0 saturated carbocycles. The zero-order valence-electron chi connectivity index (χ0n) is 13.3. The molecule has 0 radical (unpaired) electrons. The van der Waals surface area contributed by atoms with Gasteiger partial charge in [0.25, 0.3) is 0 Å². The van der Waals surface area contributed by atoms with Gasteiger partial charge in [-0.05, 0) is 48.1 Å². The molecule has 5 nitrogen and oxygen atoms in total. The number of hydrogen-bond donors (Lipinski definition) is 2. The smallest absolute Gasteiger partial charge is 0.231 e. The van der Waals surface area contributed by atoms with Gasteiger partial charge in [0, 0.05) is 24.3 Å². The SMILES string of the molecule is CN(c1cccc(NC(=S)NCc2ccc(Cl)cc2)c1)S(C)(=O)=O. The summed E-state index contributed by atoms with van der Waals surface area (Å²) in [6.07, 6.45) is 1.16. The Labute approximate surface area is 152 Å². The molecule has 0 aliphatic rings. The van der Waals surface area contributed by atoms with Crippen LogP contribution >= 0.6 is 23.8 Å². The zero-order valence-corrected chi connectivity index (χ0v) is 15.7. The third-order valence-corrected chi connectivity index (χ3v) is 5.04. The van der Waals surface area contributed by atoms with E-state index in [4.69, 9.17) is 23.8 Å². The molecule has 2 rings (SSSR count). The molecule has 0 aromatic heterocycles. The predicted molar refractivity (Wildman–Crippen MR) is 104 cm³/mol. The van der Waals surface area contributed by atoms with Crippen molar-refractivity contribution in [2.45, 2.75) is 6.54 Å². The van der Waals surface area contributed by atoms with Crippen LogP contribution in [-0.4, -0.2) is 26.8 Å². The molecule has 0 spiro atoms. The fraction of sp³-hybridized carbons (Fsp3) is 0.188. The molecule has 2 N–H and O–H groups in total. The standard InChI is InChI=1S/C16H18ClN3O2S2/c1-20(24(2,21)22)15-5-3-4-14(10-15)19-16(23)18-11-12-6-8-13(17)9-7-12/h3-10H,11H2,1-2H3,(H2,18,19,23). The second-order valence-corrected chi connectivity index (χ2v) is 8.07. The normalized spacial score (nSPS) is 11.0. The number of nitrogens with zero attached hydrogens (tertiary/aromatic N) is 1. The Hall–Kier alpha value is -1.83. The second-order valence-electron chi connectivity index (χ2n) is 5.21. The van der Waals surface area contributed by atoms with Crippen molar-refractivity contribution in [3.05, 3.63) is 59.1 Å². The summed E-state index contributed by atoms with van der Waals surface area (Å²) in [5.41, 5.74) is 2.31. The average molecular weight is 384 g/mol. The van der Waals surface area contributed by atoms with Crippen LogP contribution in [0.3, 0.4) is 0 Å². The molecule has 24 heavy (non-hydrogen) atoms. The molecular formula is C16H18ClN3O2S2. The molecule has 0 saturated heterocycles. The van der Waals surface area contributed by atoms with Gasteiger partial charge in [0.15, 0.2) is 5.11 Å². The lowest BCUT2D eigenvalue weighted by molar-refractivity contribution is 0.600. The minimum Gasteiger partial charge on any atom is -0.358 e. The van der Waals surface area contributed by atoms with Crippen LogP contribution in [0, 0.1) is 0 Å². The highest BCUT2D eigenvalue weighted by Crippen LogP contribution is 2.20. The number of anilines is 2. The van der Waals surface area contributed by atoms with E-state index in [0.717, 1.165) is 11.8 Å². The largest absolute Gasteiger partial charge is 0.358 e. The zero-order chi connectivity index (χ0) is 17.7. The molecule has 0 amide bonds.